The van der Waals surface area contributed by atoms with Gasteiger partial charge in [-0.1, -0.05) is 37.4 Å². The molecule has 0 radical (unpaired) electrons. The molecular formula is C15H19ClN2O3. The number of anilines is 1. The first-order chi connectivity index (χ1) is 10.0. The highest BCUT2D eigenvalue weighted by Crippen LogP contribution is 2.34. The van der Waals surface area contributed by atoms with E-state index in [0.717, 1.165) is 18.8 Å². The van der Waals surface area contributed by atoms with Crippen LogP contribution < -0.4 is 10.6 Å². The van der Waals surface area contributed by atoms with Crippen LogP contribution in [0.15, 0.2) is 18.2 Å². The highest BCUT2D eigenvalue weighted by molar-refractivity contribution is 6.34. The van der Waals surface area contributed by atoms with Gasteiger partial charge in [0.25, 0.3) is 0 Å². The van der Waals surface area contributed by atoms with Crippen LogP contribution in [0.25, 0.3) is 0 Å². The second kappa shape index (κ2) is 6.80. The van der Waals surface area contributed by atoms with E-state index < -0.39 is 12.0 Å². The topological polar surface area (TPSA) is 78.4 Å². The average molecular weight is 311 g/mol. The molecule has 0 aromatic heterocycles. The summed E-state index contributed by atoms with van der Waals surface area (Å²) in [5, 5.41) is 14.7. The maximum Gasteiger partial charge on any atom is 0.339 e. The lowest BCUT2D eigenvalue weighted by Gasteiger charge is -2.18. The molecule has 1 aromatic carbocycles. The molecular weight excluding hydrogens is 292 g/mol. The van der Waals surface area contributed by atoms with E-state index in [-0.39, 0.29) is 22.3 Å². The molecule has 0 bridgehead atoms. The van der Waals surface area contributed by atoms with Gasteiger partial charge in [0.05, 0.1) is 10.7 Å². The molecule has 6 heteroatoms. The predicted octanol–water partition coefficient (Wildman–Crippen LogP) is 3.74. The SMILES string of the molecule is CCC(CC1CC1)NC(=O)Nc1cccc(Cl)c1C(=O)O. The summed E-state index contributed by atoms with van der Waals surface area (Å²) in [6.07, 6.45) is 4.30. The van der Waals surface area contributed by atoms with Crippen molar-refractivity contribution in [1.29, 1.82) is 0 Å². The number of carbonyl (C=O) groups excluding carboxylic acids is 1. The van der Waals surface area contributed by atoms with Crippen LogP contribution in [0, 0.1) is 5.92 Å². The summed E-state index contributed by atoms with van der Waals surface area (Å²) in [5.41, 5.74) is 0.110. The molecule has 21 heavy (non-hydrogen) atoms. The van der Waals surface area contributed by atoms with Crippen molar-refractivity contribution in [2.45, 2.75) is 38.6 Å². The van der Waals surface area contributed by atoms with Crippen LogP contribution >= 0.6 is 11.6 Å². The standard InChI is InChI=1S/C15H19ClN2O3/c1-2-10(8-9-6-7-9)17-15(21)18-12-5-3-4-11(16)13(12)14(19)20/h3-5,9-10H,2,6-8H2,1H3,(H,19,20)(H2,17,18,21). The van der Waals surface area contributed by atoms with Gasteiger partial charge in [-0.05, 0) is 30.9 Å². The van der Waals surface area contributed by atoms with Crippen LogP contribution in [0.4, 0.5) is 10.5 Å². The summed E-state index contributed by atoms with van der Waals surface area (Å²) in [6.45, 7) is 2.02. The van der Waals surface area contributed by atoms with E-state index >= 15 is 0 Å². The number of carboxylic acid groups (broad SMARTS) is 1. The molecule has 0 heterocycles. The summed E-state index contributed by atoms with van der Waals surface area (Å²) in [6, 6.07) is 4.33. The molecule has 114 valence electrons. The molecule has 1 saturated carbocycles. The number of aromatic carboxylic acids is 1. The number of nitrogens with one attached hydrogen (secondary N) is 2. The van der Waals surface area contributed by atoms with Crippen molar-refractivity contribution < 1.29 is 14.7 Å². The van der Waals surface area contributed by atoms with Gasteiger partial charge in [0, 0.05) is 6.04 Å². The highest BCUT2D eigenvalue weighted by atomic mass is 35.5. The van der Waals surface area contributed by atoms with Gasteiger partial charge in [0.1, 0.15) is 5.56 Å². The Bertz CT molecular complexity index is 544. The van der Waals surface area contributed by atoms with Crippen molar-refractivity contribution in [3.05, 3.63) is 28.8 Å². The minimum atomic E-state index is -1.17. The van der Waals surface area contributed by atoms with Gasteiger partial charge in [-0.25, -0.2) is 9.59 Å². The largest absolute Gasteiger partial charge is 0.478 e. The van der Waals surface area contributed by atoms with Crippen molar-refractivity contribution in [3.8, 4) is 0 Å². The number of carbonyl (C=O) groups is 2. The molecule has 0 spiro atoms. The Morgan fingerprint density at radius 2 is 2.14 bits per heavy atom. The lowest BCUT2D eigenvalue weighted by atomic mass is 10.1. The molecule has 0 saturated heterocycles. The van der Waals surface area contributed by atoms with Crippen LogP contribution in [-0.2, 0) is 0 Å². The number of urea groups is 1. The predicted molar refractivity (Wildman–Crippen MR) is 82.0 cm³/mol. The Hall–Kier alpha value is -1.75. The van der Waals surface area contributed by atoms with E-state index in [1.54, 1.807) is 6.07 Å². The Kier molecular flexibility index (Phi) is 5.07. The van der Waals surface area contributed by atoms with Crippen molar-refractivity contribution >= 4 is 29.3 Å². The number of hydrogen-bond acceptors (Lipinski definition) is 2. The van der Waals surface area contributed by atoms with E-state index in [9.17, 15) is 9.59 Å². The van der Waals surface area contributed by atoms with Crippen LogP contribution in [0.1, 0.15) is 43.0 Å². The van der Waals surface area contributed by atoms with Crippen LogP contribution in [0.2, 0.25) is 5.02 Å². The molecule has 1 atom stereocenters. The zero-order valence-electron chi connectivity index (χ0n) is 11.9. The Balaban J connectivity index is 2.01. The quantitative estimate of drug-likeness (QED) is 0.749. The van der Waals surface area contributed by atoms with Crippen LogP contribution in [-0.4, -0.2) is 23.1 Å². The average Bonchev–Trinajstić information content (AvgIpc) is 3.21. The zero-order chi connectivity index (χ0) is 15.4. The smallest absolute Gasteiger partial charge is 0.339 e. The molecule has 2 amide bonds. The van der Waals surface area contributed by atoms with E-state index in [4.69, 9.17) is 16.7 Å². The number of carboxylic acids is 1. The third-order valence-electron chi connectivity index (χ3n) is 3.62. The van der Waals surface area contributed by atoms with Crippen molar-refractivity contribution in [2.75, 3.05) is 5.32 Å². The summed E-state index contributed by atoms with van der Waals surface area (Å²) >= 11 is 5.87. The second-order valence-electron chi connectivity index (χ2n) is 5.35. The molecule has 1 aromatic rings. The molecule has 1 aliphatic carbocycles. The zero-order valence-corrected chi connectivity index (χ0v) is 12.6. The first-order valence-corrected chi connectivity index (χ1v) is 7.48. The highest BCUT2D eigenvalue weighted by Gasteiger charge is 2.25. The van der Waals surface area contributed by atoms with Gasteiger partial charge in [-0.3, -0.25) is 0 Å². The third kappa shape index (κ3) is 4.36. The van der Waals surface area contributed by atoms with E-state index in [1.165, 1.54) is 25.0 Å². The van der Waals surface area contributed by atoms with Crippen molar-refractivity contribution in [2.24, 2.45) is 5.92 Å². The lowest BCUT2D eigenvalue weighted by molar-refractivity contribution is 0.0698. The maximum absolute atomic E-state index is 12.0. The maximum atomic E-state index is 12.0. The molecule has 1 aliphatic rings. The fraction of sp³-hybridized carbons (Fsp3) is 0.467. The Morgan fingerprint density at radius 1 is 1.43 bits per heavy atom. The van der Waals surface area contributed by atoms with Gasteiger partial charge in [-0.2, -0.15) is 0 Å². The minimum absolute atomic E-state index is 0.0930. The number of hydrogen-bond donors (Lipinski definition) is 3. The Labute approximate surface area is 128 Å². The summed E-state index contributed by atoms with van der Waals surface area (Å²) in [7, 11) is 0. The summed E-state index contributed by atoms with van der Waals surface area (Å²) < 4.78 is 0. The molecule has 3 N–H and O–H groups in total. The summed E-state index contributed by atoms with van der Waals surface area (Å²) in [5.74, 6) is -0.447. The van der Waals surface area contributed by atoms with Crippen LogP contribution in [0.5, 0.6) is 0 Å². The van der Waals surface area contributed by atoms with Gasteiger partial charge < -0.3 is 15.7 Å². The molecule has 0 aliphatic heterocycles. The van der Waals surface area contributed by atoms with Crippen molar-refractivity contribution in [3.63, 3.8) is 0 Å². The van der Waals surface area contributed by atoms with Crippen LogP contribution in [0.3, 0.4) is 0 Å². The minimum Gasteiger partial charge on any atom is -0.478 e. The van der Waals surface area contributed by atoms with Gasteiger partial charge in [0.15, 0.2) is 0 Å². The summed E-state index contributed by atoms with van der Waals surface area (Å²) in [4.78, 5) is 23.2. The lowest BCUT2D eigenvalue weighted by Crippen LogP contribution is -2.38. The van der Waals surface area contributed by atoms with E-state index in [0.29, 0.717) is 0 Å². The fourth-order valence-corrected chi connectivity index (χ4v) is 2.53. The molecule has 1 fully saturated rings. The Morgan fingerprint density at radius 3 is 2.71 bits per heavy atom. The van der Waals surface area contributed by atoms with E-state index in [1.807, 2.05) is 6.92 Å². The normalized spacial score (nSPS) is 15.3. The molecule has 2 rings (SSSR count). The second-order valence-corrected chi connectivity index (χ2v) is 5.76. The van der Waals surface area contributed by atoms with E-state index in [2.05, 4.69) is 10.6 Å². The number of halogens is 1. The van der Waals surface area contributed by atoms with Crippen molar-refractivity contribution in [1.82, 2.24) is 5.32 Å². The van der Waals surface area contributed by atoms with Gasteiger partial charge >= 0.3 is 12.0 Å². The monoisotopic (exact) mass is 310 g/mol. The molecule has 5 nitrogen and oxygen atoms in total. The molecule has 1 unspecified atom stereocenters. The first kappa shape index (κ1) is 15.6. The van der Waals surface area contributed by atoms with Gasteiger partial charge in [-0.15, -0.1) is 0 Å². The fourth-order valence-electron chi connectivity index (χ4n) is 2.27. The number of benzene rings is 1. The first-order valence-electron chi connectivity index (χ1n) is 7.10. The number of amides is 2. The third-order valence-corrected chi connectivity index (χ3v) is 3.93. The van der Waals surface area contributed by atoms with Gasteiger partial charge in [0.2, 0.25) is 0 Å². The number of rotatable bonds is 6.